The molecule has 0 radical (unpaired) electrons. The summed E-state index contributed by atoms with van der Waals surface area (Å²) in [6.45, 7) is 6.23. The van der Waals surface area contributed by atoms with Crippen molar-refractivity contribution in [1.82, 2.24) is 15.0 Å². The van der Waals surface area contributed by atoms with Crippen LogP contribution in [0.1, 0.15) is 26.5 Å². The highest BCUT2D eigenvalue weighted by Crippen LogP contribution is 2.32. The molecule has 102 valence electrons. The standard InChI is InChI=1S/C13H17BrN4O/c1-13(2,3)11-12(15)16-17-18(11)10-7-8(19-4)5-6-9(10)14/h5-7H,15H2,1-4H3. The third-order valence-corrected chi connectivity index (χ3v) is 3.46. The van der Waals surface area contributed by atoms with Gasteiger partial charge >= 0.3 is 0 Å². The Morgan fingerprint density at radius 3 is 2.58 bits per heavy atom. The molecule has 0 aliphatic heterocycles. The first kappa shape index (κ1) is 13.9. The Morgan fingerprint density at radius 2 is 2.00 bits per heavy atom. The predicted molar refractivity (Wildman–Crippen MR) is 78.7 cm³/mol. The quantitative estimate of drug-likeness (QED) is 0.922. The van der Waals surface area contributed by atoms with E-state index in [4.69, 9.17) is 10.5 Å². The molecular weight excluding hydrogens is 308 g/mol. The molecular formula is C13H17BrN4O. The summed E-state index contributed by atoms with van der Waals surface area (Å²) in [7, 11) is 1.63. The number of nitrogen functional groups attached to an aromatic ring is 1. The first-order chi connectivity index (χ1) is 8.84. The Morgan fingerprint density at radius 1 is 1.32 bits per heavy atom. The van der Waals surface area contributed by atoms with Crippen molar-refractivity contribution in [1.29, 1.82) is 0 Å². The van der Waals surface area contributed by atoms with E-state index in [1.54, 1.807) is 11.8 Å². The monoisotopic (exact) mass is 324 g/mol. The number of benzene rings is 1. The van der Waals surface area contributed by atoms with Crippen molar-refractivity contribution < 1.29 is 4.74 Å². The molecule has 0 bridgehead atoms. The summed E-state index contributed by atoms with van der Waals surface area (Å²) in [5.41, 5.74) is 7.52. The SMILES string of the molecule is COc1ccc(Br)c(-n2nnc(N)c2C(C)(C)C)c1. The lowest BCUT2D eigenvalue weighted by molar-refractivity contribution is 0.414. The Bertz CT molecular complexity index is 601. The van der Waals surface area contributed by atoms with E-state index in [0.29, 0.717) is 5.82 Å². The molecule has 2 N–H and O–H groups in total. The fourth-order valence-corrected chi connectivity index (χ4v) is 2.36. The normalized spacial score (nSPS) is 11.6. The van der Waals surface area contributed by atoms with E-state index in [1.807, 2.05) is 18.2 Å². The van der Waals surface area contributed by atoms with Gasteiger partial charge in [0.1, 0.15) is 5.75 Å². The molecule has 1 aromatic heterocycles. The van der Waals surface area contributed by atoms with Gasteiger partial charge in [-0.05, 0) is 28.1 Å². The highest BCUT2D eigenvalue weighted by atomic mass is 79.9. The molecule has 0 aliphatic rings. The number of anilines is 1. The third-order valence-electron chi connectivity index (χ3n) is 2.79. The first-order valence-electron chi connectivity index (χ1n) is 5.90. The molecule has 0 saturated carbocycles. The van der Waals surface area contributed by atoms with Crippen LogP contribution in [-0.4, -0.2) is 22.1 Å². The number of nitrogens with two attached hydrogens (primary N) is 1. The van der Waals surface area contributed by atoms with Gasteiger partial charge in [0, 0.05) is 16.0 Å². The van der Waals surface area contributed by atoms with Crippen LogP contribution in [0.15, 0.2) is 22.7 Å². The molecule has 0 atom stereocenters. The summed E-state index contributed by atoms with van der Waals surface area (Å²) in [6.07, 6.45) is 0. The Kier molecular flexibility index (Phi) is 3.54. The molecule has 2 aromatic rings. The molecule has 0 unspecified atom stereocenters. The van der Waals surface area contributed by atoms with Crippen molar-refractivity contribution in [3.8, 4) is 11.4 Å². The van der Waals surface area contributed by atoms with E-state index in [0.717, 1.165) is 21.6 Å². The van der Waals surface area contributed by atoms with E-state index in [-0.39, 0.29) is 5.41 Å². The van der Waals surface area contributed by atoms with Crippen LogP contribution in [0.5, 0.6) is 5.75 Å². The summed E-state index contributed by atoms with van der Waals surface area (Å²) < 4.78 is 7.91. The maximum absolute atomic E-state index is 5.94. The third kappa shape index (κ3) is 2.58. The minimum Gasteiger partial charge on any atom is -0.497 e. The summed E-state index contributed by atoms with van der Waals surface area (Å²) in [4.78, 5) is 0. The molecule has 6 heteroatoms. The van der Waals surface area contributed by atoms with Gasteiger partial charge in [-0.1, -0.05) is 26.0 Å². The summed E-state index contributed by atoms with van der Waals surface area (Å²) in [5, 5.41) is 8.13. The number of hydrogen-bond acceptors (Lipinski definition) is 4. The second-order valence-corrected chi connectivity index (χ2v) is 6.16. The second-order valence-electron chi connectivity index (χ2n) is 5.30. The van der Waals surface area contributed by atoms with Gasteiger partial charge in [0.25, 0.3) is 0 Å². The van der Waals surface area contributed by atoms with Crippen molar-refractivity contribution in [3.05, 3.63) is 28.4 Å². The van der Waals surface area contributed by atoms with E-state index in [1.165, 1.54) is 0 Å². The van der Waals surface area contributed by atoms with E-state index >= 15 is 0 Å². The summed E-state index contributed by atoms with van der Waals surface area (Å²) in [6, 6.07) is 5.69. The second kappa shape index (κ2) is 4.85. The van der Waals surface area contributed by atoms with Crippen LogP contribution >= 0.6 is 15.9 Å². The van der Waals surface area contributed by atoms with Gasteiger partial charge in [0.15, 0.2) is 5.82 Å². The first-order valence-corrected chi connectivity index (χ1v) is 6.69. The maximum atomic E-state index is 5.94. The Labute approximate surface area is 120 Å². The molecule has 2 rings (SSSR count). The number of ether oxygens (including phenoxy) is 1. The van der Waals surface area contributed by atoms with Gasteiger partial charge in [-0.15, -0.1) is 5.10 Å². The number of hydrogen-bond donors (Lipinski definition) is 1. The van der Waals surface area contributed by atoms with Crippen LogP contribution in [0.3, 0.4) is 0 Å². The van der Waals surface area contributed by atoms with Crippen LogP contribution in [0.2, 0.25) is 0 Å². The van der Waals surface area contributed by atoms with Crippen molar-refractivity contribution in [2.24, 2.45) is 0 Å². The minimum atomic E-state index is -0.157. The smallest absolute Gasteiger partial charge is 0.170 e. The van der Waals surface area contributed by atoms with Gasteiger partial charge in [-0.25, -0.2) is 4.68 Å². The highest BCUT2D eigenvalue weighted by molar-refractivity contribution is 9.10. The Balaban J connectivity index is 2.66. The zero-order valence-corrected chi connectivity index (χ0v) is 13.0. The average Bonchev–Trinajstić information content (AvgIpc) is 2.71. The molecule has 19 heavy (non-hydrogen) atoms. The van der Waals surface area contributed by atoms with Crippen LogP contribution < -0.4 is 10.5 Å². The van der Waals surface area contributed by atoms with Crippen LogP contribution in [-0.2, 0) is 5.41 Å². The number of halogens is 1. The minimum absolute atomic E-state index is 0.157. The largest absolute Gasteiger partial charge is 0.497 e. The molecule has 0 amide bonds. The number of methoxy groups -OCH3 is 1. The predicted octanol–water partition coefficient (Wildman–Crippen LogP) is 2.92. The van der Waals surface area contributed by atoms with Crippen molar-refractivity contribution in [2.75, 3.05) is 12.8 Å². The zero-order chi connectivity index (χ0) is 14.2. The average molecular weight is 325 g/mol. The molecule has 0 saturated heterocycles. The van der Waals surface area contributed by atoms with Gasteiger partial charge in [-0.3, -0.25) is 0 Å². The summed E-state index contributed by atoms with van der Waals surface area (Å²) >= 11 is 3.52. The maximum Gasteiger partial charge on any atom is 0.170 e. The lowest BCUT2D eigenvalue weighted by atomic mass is 9.91. The number of aromatic nitrogens is 3. The van der Waals surface area contributed by atoms with Crippen LogP contribution in [0.4, 0.5) is 5.82 Å². The van der Waals surface area contributed by atoms with Gasteiger partial charge < -0.3 is 10.5 Å². The number of rotatable bonds is 2. The van der Waals surface area contributed by atoms with Gasteiger partial charge in [-0.2, -0.15) is 0 Å². The lowest BCUT2D eigenvalue weighted by Gasteiger charge is -2.20. The topological polar surface area (TPSA) is 66.0 Å². The lowest BCUT2D eigenvalue weighted by Crippen LogP contribution is -2.19. The molecule has 0 fully saturated rings. The molecule has 0 spiro atoms. The summed E-state index contributed by atoms with van der Waals surface area (Å²) in [5.74, 6) is 1.20. The molecule has 1 heterocycles. The van der Waals surface area contributed by atoms with Crippen molar-refractivity contribution in [3.63, 3.8) is 0 Å². The molecule has 0 aliphatic carbocycles. The number of nitrogens with zero attached hydrogens (tertiary/aromatic N) is 3. The van der Waals surface area contributed by atoms with Crippen LogP contribution in [0, 0.1) is 0 Å². The Hall–Kier alpha value is -1.56. The van der Waals surface area contributed by atoms with E-state index in [2.05, 4.69) is 47.0 Å². The van der Waals surface area contributed by atoms with E-state index < -0.39 is 0 Å². The van der Waals surface area contributed by atoms with Crippen molar-refractivity contribution in [2.45, 2.75) is 26.2 Å². The fraction of sp³-hybridized carbons (Fsp3) is 0.385. The van der Waals surface area contributed by atoms with Crippen molar-refractivity contribution >= 4 is 21.7 Å². The van der Waals surface area contributed by atoms with Gasteiger partial charge in [0.05, 0.1) is 18.5 Å². The van der Waals surface area contributed by atoms with Gasteiger partial charge in [0.2, 0.25) is 0 Å². The molecule has 1 aromatic carbocycles. The fourth-order valence-electron chi connectivity index (χ4n) is 1.95. The zero-order valence-electron chi connectivity index (χ0n) is 11.4. The molecule has 5 nitrogen and oxygen atoms in total. The highest BCUT2D eigenvalue weighted by Gasteiger charge is 2.25. The van der Waals surface area contributed by atoms with Crippen LogP contribution in [0.25, 0.3) is 5.69 Å². The van der Waals surface area contributed by atoms with E-state index in [9.17, 15) is 0 Å².